The number of hydrogen-bond donors (Lipinski definition) is 1. The van der Waals surface area contributed by atoms with E-state index in [9.17, 15) is 13.2 Å². The van der Waals surface area contributed by atoms with Gasteiger partial charge in [0.1, 0.15) is 0 Å². The minimum Gasteiger partial charge on any atom is -0.341 e. The second-order valence-electron chi connectivity index (χ2n) is 6.12. The fourth-order valence-corrected chi connectivity index (χ4v) is 4.71. The van der Waals surface area contributed by atoms with Gasteiger partial charge in [-0.3, -0.25) is 9.69 Å². The van der Waals surface area contributed by atoms with E-state index >= 15 is 0 Å². The zero-order chi connectivity index (χ0) is 14.9. The summed E-state index contributed by atoms with van der Waals surface area (Å²) in [6.07, 6.45) is 2.94. The molecule has 1 saturated carbocycles. The summed E-state index contributed by atoms with van der Waals surface area (Å²) in [5.74, 6) is 0.893. The molecule has 7 heteroatoms. The van der Waals surface area contributed by atoms with Crippen molar-refractivity contribution in [1.82, 2.24) is 9.80 Å². The van der Waals surface area contributed by atoms with Crippen LogP contribution in [0.4, 0.5) is 0 Å². The third kappa shape index (κ3) is 3.71. The van der Waals surface area contributed by atoms with Crippen molar-refractivity contribution in [3.05, 3.63) is 0 Å². The SMILES string of the molecule is CN(CC(=O)N(C)C1CCS(=O)(=O)C1)C(CN)C1CC1. The summed E-state index contributed by atoms with van der Waals surface area (Å²) in [6, 6.07) is 0.0952. The Bertz CT molecular complexity index is 461. The molecule has 2 aliphatic rings. The molecule has 2 unspecified atom stereocenters. The average molecular weight is 303 g/mol. The maximum absolute atomic E-state index is 12.3. The van der Waals surface area contributed by atoms with Crippen molar-refractivity contribution in [2.24, 2.45) is 11.7 Å². The predicted octanol–water partition coefficient (Wildman–Crippen LogP) is -0.699. The highest BCUT2D eigenvalue weighted by molar-refractivity contribution is 7.91. The number of hydrogen-bond acceptors (Lipinski definition) is 5. The fourth-order valence-electron chi connectivity index (χ4n) is 2.94. The Morgan fingerprint density at radius 2 is 1.95 bits per heavy atom. The number of rotatable bonds is 6. The molecule has 0 bridgehead atoms. The van der Waals surface area contributed by atoms with Crippen molar-refractivity contribution in [3.8, 4) is 0 Å². The highest BCUT2D eigenvalue weighted by Crippen LogP contribution is 2.34. The largest absolute Gasteiger partial charge is 0.341 e. The summed E-state index contributed by atoms with van der Waals surface area (Å²) in [7, 11) is 0.674. The van der Waals surface area contributed by atoms with Crippen molar-refractivity contribution in [3.63, 3.8) is 0 Å². The lowest BCUT2D eigenvalue weighted by atomic mass is 10.1. The molecule has 1 aliphatic heterocycles. The van der Waals surface area contributed by atoms with Crippen molar-refractivity contribution < 1.29 is 13.2 Å². The van der Waals surface area contributed by atoms with Crippen LogP contribution in [-0.2, 0) is 14.6 Å². The van der Waals surface area contributed by atoms with Crippen LogP contribution in [0, 0.1) is 5.92 Å². The topological polar surface area (TPSA) is 83.7 Å². The maximum atomic E-state index is 12.3. The normalized spacial score (nSPS) is 26.7. The molecule has 2 fully saturated rings. The number of nitrogens with two attached hydrogens (primary N) is 1. The van der Waals surface area contributed by atoms with E-state index in [0.717, 1.165) is 0 Å². The minimum absolute atomic E-state index is 0.0197. The fraction of sp³-hybridized carbons (Fsp3) is 0.923. The first kappa shape index (κ1) is 15.7. The lowest BCUT2D eigenvalue weighted by molar-refractivity contribution is -0.133. The molecule has 0 aromatic rings. The van der Waals surface area contributed by atoms with Gasteiger partial charge in [0.05, 0.1) is 18.1 Å². The first-order valence-corrected chi connectivity index (χ1v) is 9.02. The molecule has 20 heavy (non-hydrogen) atoms. The third-order valence-corrected chi connectivity index (χ3v) is 6.26. The van der Waals surface area contributed by atoms with Gasteiger partial charge in [0, 0.05) is 25.7 Å². The summed E-state index contributed by atoms with van der Waals surface area (Å²) < 4.78 is 23.0. The van der Waals surface area contributed by atoms with E-state index in [1.165, 1.54) is 12.8 Å². The van der Waals surface area contributed by atoms with E-state index in [4.69, 9.17) is 5.73 Å². The average Bonchev–Trinajstić information content (AvgIpc) is 3.13. The van der Waals surface area contributed by atoms with Gasteiger partial charge in [-0.25, -0.2) is 8.42 Å². The molecule has 0 aromatic heterocycles. The number of nitrogens with zero attached hydrogens (tertiary/aromatic N) is 2. The number of sulfone groups is 1. The van der Waals surface area contributed by atoms with Crippen LogP contribution in [0.3, 0.4) is 0 Å². The van der Waals surface area contributed by atoms with Crippen molar-refractivity contribution in [1.29, 1.82) is 0 Å². The smallest absolute Gasteiger partial charge is 0.236 e. The lowest BCUT2D eigenvalue weighted by Crippen LogP contribution is -2.48. The van der Waals surface area contributed by atoms with E-state index in [-0.39, 0.29) is 29.5 Å². The molecule has 0 aromatic carbocycles. The molecule has 6 nitrogen and oxygen atoms in total. The Hall–Kier alpha value is -0.660. The molecule has 1 heterocycles. The highest BCUT2D eigenvalue weighted by atomic mass is 32.2. The highest BCUT2D eigenvalue weighted by Gasteiger charge is 2.36. The summed E-state index contributed by atoms with van der Waals surface area (Å²) >= 11 is 0. The van der Waals surface area contributed by atoms with Crippen LogP contribution in [0.25, 0.3) is 0 Å². The van der Waals surface area contributed by atoms with E-state index in [1.54, 1.807) is 11.9 Å². The van der Waals surface area contributed by atoms with Crippen molar-refractivity contribution in [2.45, 2.75) is 31.3 Å². The Morgan fingerprint density at radius 1 is 1.30 bits per heavy atom. The summed E-state index contributed by atoms with van der Waals surface area (Å²) in [5, 5.41) is 0. The molecule has 2 atom stereocenters. The number of carbonyl (C=O) groups excluding carboxylic acids is 1. The van der Waals surface area contributed by atoms with Gasteiger partial charge < -0.3 is 10.6 Å². The Kier molecular flexibility index (Phi) is 4.71. The van der Waals surface area contributed by atoms with Gasteiger partial charge in [-0.05, 0) is 32.2 Å². The van der Waals surface area contributed by atoms with Crippen LogP contribution in [0.15, 0.2) is 0 Å². The zero-order valence-electron chi connectivity index (χ0n) is 12.3. The van der Waals surface area contributed by atoms with Crippen LogP contribution < -0.4 is 5.73 Å². The maximum Gasteiger partial charge on any atom is 0.236 e. The molecular weight excluding hydrogens is 278 g/mol. The van der Waals surface area contributed by atoms with Gasteiger partial charge in [0.2, 0.25) is 5.91 Å². The minimum atomic E-state index is -2.95. The van der Waals surface area contributed by atoms with Gasteiger partial charge in [-0.1, -0.05) is 0 Å². The molecule has 116 valence electrons. The van der Waals surface area contributed by atoms with Crippen LogP contribution in [0.2, 0.25) is 0 Å². The predicted molar refractivity (Wildman–Crippen MR) is 78.0 cm³/mol. The van der Waals surface area contributed by atoms with Crippen molar-refractivity contribution in [2.75, 3.05) is 38.7 Å². The number of carbonyl (C=O) groups is 1. The van der Waals surface area contributed by atoms with Crippen LogP contribution >= 0.6 is 0 Å². The zero-order valence-corrected chi connectivity index (χ0v) is 13.1. The molecular formula is C13H25N3O3S. The van der Waals surface area contributed by atoms with Gasteiger partial charge in [-0.15, -0.1) is 0 Å². The molecule has 2 rings (SSSR count). The van der Waals surface area contributed by atoms with E-state index in [0.29, 0.717) is 25.4 Å². The van der Waals surface area contributed by atoms with E-state index in [1.807, 2.05) is 11.9 Å². The van der Waals surface area contributed by atoms with E-state index in [2.05, 4.69) is 0 Å². The van der Waals surface area contributed by atoms with Crippen LogP contribution in [0.5, 0.6) is 0 Å². The standard InChI is InChI=1S/C13H25N3O3S/c1-15(12(7-14)10-3-4-10)8-13(17)16(2)11-5-6-20(18,19)9-11/h10-12H,3-9,14H2,1-2H3. The second kappa shape index (κ2) is 5.99. The van der Waals surface area contributed by atoms with Crippen molar-refractivity contribution >= 4 is 15.7 Å². The van der Waals surface area contributed by atoms with E-state index < -0.39 is 9.84 Å². The molecule has 2 N–H and O–H groups in total. The Balaban J connectivity index is 1.87. The van der Waals surface area contributed by atoms with Gasteiger partial charge in [-0.2, -0.15) is 0 Å². The number of amides is 1. The molecule has 1 saturated heterocycles. The van der Waals surface area contributed by atoms with Crippen LogP contribution in [0.1, 0.15) is 19.3 Å². The van der Waals surface area contributed by atoms with Crippen LogP contribution in [-0.4, -0.2) is 74.9 Å². The lowest BCUT2D eigenvalue weighted by Gasteiger charge is -2.30. The molecule has 0 spiro atoms. The Morgan fingerprint density at radius 3 is 2.40 bits per heavy atom. The Labute approximate surface area is 121 Å². The first-order valence-electron chi connectivity index (χ1n) is 7.20. The molecule has 1 amide bonds. The summed E-state index contributed by atoms with van der Waals surface area (Å²) in [6.45, 7) is 0.876. The van der Waals surface area contributed by atoms with Gasteiger partial charge in [0.15, 0.2) is 9.84 Å². The first-order chi connectivity index (χ1) is 9.34. The second-order valence-corrected chi connectivity index (χ2v) is 8.35. The molecule has 0 radical (unpaired) electrons. The number of likely N-dealkylation sites (N-methyl/N-ethyl adjacent to an activating group) is 2. The third-order valence-electron chi connectivity index (χ3n) is 4.51. The van der Waals surface area contributed by atoms with Gasteiger partial charge in [0.25, 0.3) is 0 Å². The monoisotopic (exact) mass is 303 g/mol. The molecule has 1 aliphatic carbocycles. The summed E-state index contributed by atoms with van der Waals surface area (Å²) in [4.78, 5) is 15.9. The summed E-state index contributed by atoms with van der Waals surface area (Å²) in [5.41, 5.74) is 5.78. The van der Waals surface area contributed by atoms with Gasteiger partial charge >= 0.3 is 0 Å². The quantitative estimate of drug-likeness (QED) is 0.701.